The minimum absolute atomic E-state index is 0.325. The zero-order valence-electron chi connectivity index (χ0n) is 6.87. The highest BCUT2D eigenvalue weighted by molar-refractivity contribution is 5.62. The lowest BCUT2D eigenvalue weighted by Crippen LogP contribution is -1.83. The maximum Gasteiger partial charge on any atom is 0.138 e. The Morgan fingerprint density at radius 2 is 1.92 bits per heavy atom. The summed E-state index contributed by atoms with van der Waals surface area (Å²) in [5.74, 6) is -0.325. The summed E-state index contributed by atoms with van der Waals surface area (Å²) >= 11 is 0. The number of hydrogen-bond acceptors (Lipinski definition) is 1. The molecule has 0 unspecified atom stereocenters. The van der Waals surface area contributed by atoms with Crippen molar-refractivity contribution in [1.82, 2.24) is 4.98 Å². The van der Waals surface area contributed by atoms with Crippen molar-refractivity contribution in [3.8, 4) is 11.1 Å². The van der Waals surface area contributed by atoms with E-state index in [0.717, 1.165) is 5.56 Å². The minimum Gasteiger partial charge on any atom is -0.265 e. The van der Waals surface area contributed by atoms with Gasteiger partial charge in [-0.05, 0) is 17.7 Å². The van der Waals surface area contributed by atoms with Crippen LogP contribution in [0.15, 0.2) is 42.7 Å². The van der Waals surface area contributed by atoms with Gasteiger partial charge in [-0.3, -0.25) is 4.98 Å². The molecule has 0 aliphatic heterocycles. The highest BCUT2D eigenvalue weighted by Crippen LogP contribution is 2.20. The second kappa shape index (κ2) is 3.35. The van der Waals surface area contributed by atoms with E-state index in [2.05, 4.69) is 11.1 Å². The third kappa shape index (κ3) is 1.56. The summed E-state index contributed by atoms with van der Waals surface area (Å²) in [5.41, 5.74) is 1.38. The van der Waals surface area contributed by atoms with Crippen LogP contribution < -0.4 is 0 Å². The lowest BCUT2D eigenvalue weighted by Gasteiger charge is -2.00. The monoisotopic (exact) mass is 172 g/mol. The summed E-state index contributed by atoms with van der Waals surface area (Å²) < 4.78 is 13.2. The molecule has 0 aliphatic carbocycles. The molecule has 1 heterocycles. The molecule has 0 N–H and O–H groups in total. The van der Waals surface area contributed by atoms with Gasteiger partial charge < -0.3 is 0 Å². The molecule has 13 heavy (non-hydrogen) atoms. The van der Waals surface area contributed by atoms with Gasteiger partial charge in [0.25, 0.3) is 0 Å². The summed E-state index contributed by atoms with van der Waals surface area (Å²) in [4.78, 5) is 3.87. The molecule has 2 rings (SSSR count). The number of benzene rings is 1. The van der Waals surface area contributed by atoms with Crippen molar-refractivity contribution in [3.05, 3.63) is 54.6 Å². The normalized spacial score (nSPS) is 9.92. The fourth-order valence-corrected chi connectivity index (χ4v) is 1.17. The Labute approximate surface area is 75.9 Å². The minimum atomic E-state index is -0.325. The zero-order chi connectivity index (χ0) is 9.10. The van der Waals surface area contributed by atoms with Crippen molar-refractivity contribution in [2.45, 2.75) is 0 Å². The molecule has 0 saturated heterocycles. The number of halogens is 1. The van der Waals surface area contributed by atoms with Crippen LogP contribution >= 0.6 is 0 Å². The molecule has 2 aromatic rings. The molecule has 1 radical (unpaired) electrons. The molecule has 0 saturated carbocycles. The fraction of sp³-hybridized carbons (Fsp3) is 0. The first-order chi connectivity index (χ1) is 6.38. The van der Waals surface area contributed by atoms with Crippen molar-refractivity contribution in [2.75, 3.05) is 0 Å². The quantitative estimate of drug-likeness (QED) is 0.644. The van der Waals surface area contributed by atoms with Crippen LogP contribution in [0.25, 0.3) is 11.1 Å². The first kappa shape index (κ1) is 7.92. The molecule has 0 amide bonds. The molecule has 63 valence electrons. The Kier molecular flexibility index (Phi) is 2.04. The molecule has 0 aliphatic rings. The Hall–Kier alpha value is -1.70. The number of pyridine rings is 1. The van der Waals surface area contributed by atoms with Crippen LogP contribution in [0.4, 0.5) is 4.39 Å². The van der Waals surface area contributed by atoms with Gasteiger partial charge >= 0.3 is 0 Å². The third-order valence-corrected chi connectivity index (χ3v) is 1.80. The predicted octanol–water partition coefficient (Wildman–Crippen LogP) is 2.69. The highest BCUT2D eigenvalue weighted by Gasteiger charge is 2.01. The van der Waals surface area contributed by atoms with E-state index in [9.17, 15) is 4.39 Å². The molecular formula is C11H7FN. The Balaban J connectivity index is 2.54. The van der Waals surface area contributed by atoms with Crippen molar-refractivity contribution < 1.29 is 4.39 Å². The summed E-state index contributed by atoms with van der Waals surface area (Å²) in [6.07, 6.45) is 3.28. The molecule has 0 fully saturated rings. The number of hydrogen-bond donors (Lipinski definition) is 0. The lowest BCUT2D eigenvalue weighted by molar-refractivity contribution is 0.629. The zero-order valence-corrected chi connectivity index (χ0v) is 6.87. The van der Waals surface area contributed by atoms with Gasteiger partial charge in [-0.1, -0.05) is 18.2 Å². The maximum atomic E-state index is 13.2. The predicted molar refractivity (Wildman–Crippen MR) is 48.5 cm³/mol. The molecule has 0 spiro atoms. The second-order valence-corrected chi connectivity index (χ2v) is 2.63. The molecule has 1 aromatic heterocycles. The lowest BCUT2D eigenvalue weighted by atomic mass is 10.1. The number of aromatic nitrogens is 1. The van der Waals surface area contributed by atoms with Crippen LogP contribution in [-0.2, 0) is 0 Å². The smallest absolute Gasteiger partial charge is 0.138 e. The number of rotatable bonds is 1. The summed E-state index contributed by atoms with van der Waals surface area (Å²) in [6.45, 7) is 0. The Morgan fingerprint density at radius 3 is 2.62 bits per heavy atom. The molecule has 0 atom stereocenters. The van der Waals surface area contributed by atoms with Crippen LogP contribution in [-0.4, -0.2) is 4.98 Å². The van der Waals surface area contributed by atoms with Gasteiger partial charge in [0.05, 0.1) is 0 Å². The van der Waals surface area contributed by atoms with E-state index in [-0.39, 0.29) is 5.82 Å². The highest BCUT2D eigenvalue weighted by atomic mass is 19.1. The van der Waals surface area contributed by atoms with E-state index in [1.807, 2.05) is 0 Å². The first-order valence-corrected chi connectivity index (χ1v) is 3.94. The van der Waals surface area contributed by atoms with Crippen molar-refractivity contribution in [3.63, 3.8) is 0 Å². The molecule has 2 heteroatoms. The van der Waals surface area contributed by atoms with Gasteiger partial charge in [0.15, 0.2) is 0 Å². The van der Waals surface area contributed by atoms with E-state index >= 15 is 0 Å². The van der Waals surface area contributed by atoms with Gasteiger partial charge in [0, 0.05) is 24.0 Å². The fourth-order valence-electron chi connectivity index (χ4n) is 1.17. The first-order valence-electron chi connectivity index (χ1n) is 3.94. The van der Waals surface area contributed by atoms with Crippen LogP contribution in [0.2, 0.25) is 0 Å². The van der Waals surface area contributed by atoms with Gasteiger partial charge in [-0.2, -0.15) is 0 Å². The average Bonchev–Trinajstić information content (AvgIpc) is 2.20. The maximum absolute atomic E-state index is 13.2. The Morgan fingerprint density at radius 1 is 1.15 bits per heavy atom. The third-order valence-electron chi connectivity index (χ3n) is 1.80. The van der Waals surface area contributed by atoms with Crippen molar-refractivity contribution in [2.24, 2.45) is 0 Å². The van der Waals surface area contributed by atoms with Crippen molar-refractivity contribution >= 4 is 0 Å². The molecule has 1 nitrogen and oxygen atoms in total. The van der Waals surface area contributed by atoms with E-state index in [4.69, 9.17) is 0 Å². The van der Waals surface area contributed by atoms with Crippen LogP contribution in [0.3, 0.4) is 0 Å². The second-order valence-electron chi connectivity index (χ2n) is 2.63. The molecular weight excluding hydrogens is 165 g/mol. The molecule has 0 bridgehead atoms. The van der Waals surface area contributed by atoms with E-state index in [1.165, 1.54) is 0 Å². The van der Waals surface area contributed by atoms with Gasteiger partial charge in [-0.15, -0.1) is 0 Å². The van der Waals surface area contributed by atoms with E-state index in [1.54, 1.807) is 42.7 Å². The number of nitrogens with zero attached hydrogens (tertiary/aromatic N) is 1. The van der Waals surface area contributed by atoms with Crippen LogP contribution in [0.5, 0.6) is 0 Å². The standard InChI is InChI=1S/C11H7FN/c12-11-4-2-1-3-10(11)9-5-7-13-8-6-9/h1-3,5-8H. The van der Waals surface area contributed by atoms with E-state index in [0.29, 0.717) is 5.56 Å². The molecule has 1 aromatic carbocycles. The van der Waals surface area contributed by atoms with Gasteiger partial charge in [0.1, 0.15) is 5.82 Å². The van der Waals surface area contributed by atoms with Gasteiger partial charge in [0.2, 0.25) is 0 Å². The van der Waals surface area contributed by atoms with Crippen LogP contribution in [0, 0.1) is 11.9 Å². The Bertz CT molecular complexity index is 398. The summed E-state index contributed by atoms with van der Waals surface area (Å²) in [6, 6.07) is 11.1. The van der Waals surface area contributed by atoms with Crippen LogP contribution in [0.1, 0.15) is 0 Å². The topological polar surface area (TPSA) is 12.9 Å². The SMILES string of the molecule is Fc1[c]cccc1-c1ccncc1. The van der Waals surface area contributed by atoms with Crippen molar-refractivity contribution in [1.29, 1.82) is 0 Å². The summed E-state index contributed by atoms with van der Waals surface area (Å²) in [5, 5.41) is 0. The van der Waals surface area contributed by atoms with Gasteiger partial charge in [-0.25, -0.2) is 4.39 Å². The largest absolute Gasteiger partial charge is 0.265 e. The summed E-state index contributed by atoms with van der Waals surface area (Å²) in [7, 11) is 0. The average molecular weight is 172 g/mol. The van der Waals surface area contributed by atoms with E-state index < -0.39 is 0 Å².